The monoisotopic (exact) mass is 437 g/mol. The standard InChI is InChI=1S/C23H31N7O2/c1-3-30-8-6-16(7-9-30)15-32-18-4-5-19(21(10-18)31-2)20-11-22(29-28-20)27-23-14-25-17(12-24)13-26-23/h4-5,10,13-14,16,20,22,28-29H,3,6-9,11,15H2,1-2H3,(H,26,27). The smallest absolute Gasteiger partial charge is 0.158 e. The van der Waals surface area contributed by atoms with Crippen molar-refractivity contribution in [2.75, 3.05) is 38.7 Å². The van der Waals surface area contributed by atoms with Crippen molar-refractivity contribution in [1.29, 1.82) is 5.26 Å². The number of piperidine rings is 1. The summed E-state index contributed by atoms with van der Waals surface area (Å²) < 4.78 is 11.8. The molecule has 32 heavy (non-hydrogen) atoms. The lowest BCUT2D eigenvalue weighted by molar-refractivity contribution is 0.145. The molecule has 9 nitrogen and oxygen atoms in total. The Morgan fingerprint density at radius 3 is 2.75 bits per heavy atom. The molecule has 9 heteroatoms. The Morgan fingerprint density at radius 2 is 2.06 bits per heavy atom. The molecular formula is C23H31N7O2. The summed E-state index contributed by atoms with van der Waals surface area (Å²) in [6, 6.07) is 8.11. The molecule has 4 rings (SSSR count). The van der Waals surface area contributed by atoms with E-state index in [1.807, 2.05) is 18.2 Å². The Balaban J connectivity index is 1.32. The largest absolute Gasteiger partial charge is 0.496 e. The van der Waals surface area contributed by atoms with E-state index in [4.69, 9.17) is 14.7 Å². The third-order valence-corrected chi connectivity index (χ3v) is 6.21. The number of nitriles is 1. The first-order valence-electron chi connectivity index (χ1n) is 11.2. The summed E-state index contributed by atoms with van der Waals surface area (Å²) in [5.74, 6) is 2.88. The lowest BCUT2D eigenvalue weighted by Crippen LogP contribution is -2.36. The van der Waals surface area contributed by atoms with Crippen molar-refractivity contribution in [3.8, 4) is 17.6 Å². The first-order valence-corrected chi connectivity index (χ1v) is 11.2. The average Bonchev–Trinajstić information content (AvgIpc) is 3.31. The second-order valence-electron chi connectivity index (χ2n) is 8.26. The van der Waals surface area contributed by atoms with Gasteiger partial charge in [0.1, 0.15) is 23.4 Å². The van der Waals surface area contributed by atoms with Crippen LogP contribution in [0, 0.1) is 17.2 Å². The average molecular weight is 438 g/mol. The van der Waals surface area contributed by atoms with Crippen LogP contribution in [0.15, 0.2) is 30.6 Å². The molecule has 0 saturated carbocycles. The molecule has 0 amide bonds. The molecule has 3 heterocycles. The lowest BCUT2D eigenvalue weighted by atomic mass is 9.98. The zero-order valence-electron chi connectivity index (χ0n) is 18.7. The van der Waals surface area contributed by atoms with Crippen molar-refractivity contribution in [2.24, 2.45) is 5.92 Å². The van der Waals surface area contributed by atoms with Crippen molar-refractivity contribution in [2.45, 2.75) is 38.4 Å². The number of aromatic nitrogens is 2. The van der Waals surface area contributed by atoms with Gasteiger partial charge in [-0.05, 0) is 44.5 Å². The number of benzene rings is 1. The van der Waals surface area contributed by atoms with Gasteiger partial charge in [0.2, 0.25) is 0 Å². The van der Waals surface area contributed by atoms with Crippen LogP contribution >= 0.6 is 0 Å². The van der Waals surface area contributed by atoms with E-state index in [1.54, 1.807) is 13.3 Å². The van der Waals surface area contributed by atoms with Crippen molar-refractivity contribution in [3.63, 3.8) is 0 Å². The van der Waals surface area contributed by atoms with Crippen LogP contribution in [0.2, 0.25) is 0 Å². The first-order chi connectivity index (χ1) is 15.7. The van der Waals surface area contributed by atoms with Crippen LogP contribution in [0.4, 0.5) is 5.82 Å². The third kappa shape index (κ3) is 5.46. The molecule has 0 spiro atoms. The van der Waals surface area contributed by atoms with E-state index in [0.717, 1.165) is 49.7 Å². The Labute approximate surface area is 189 Å². The van der Waals surface area contributed by atoms with Gasteiger partial charge in [0.05, 0.1) is 38.3 Å². The van der Waals surface area contributed by atoms with Crippen LogP contribution in [0.3, 0.4) is 0 Å². The fourth-order valence-corrected chi connectivity index (χ4v) is 4.25. The summed E-state index contributed by atoms with van der Waals surface area (Å²) in [7, 11) is 1.69. The molecule has 1 aromatic heterocycles. The van der Waals surface area contributed by atoms with Gasteiger partial charge in [0.25, 0.3) is 0 Å². The van der Waals surface area contributed by atoms with Crippen LogP contribution in [-0.4, -0.2) is 54.4 Å². The van der Waals surface area contributed by atoms with Crippen LogP contribution in [0.5, 0.6) is 11.5 Å². The van der Waals surface area contributed by atoms with E-state index in [9.17, 15) is 0 Å². The number of rotatable bonds is 8. The molecule has 2 atom stereocenters. The molecule has 0 radical (unpaired) electrons. The molecule has 0 bridgehead atoms. The Kier molecular flexibility index (Phi) is 7.37. The van der Waals surface area contributed by atoms with Gasteiger partial charge in [0, 0.05) is 18.1 Å². The number of nitrogens with one attached hydrogen (secondary N) is 3. The zero-order chi connectivity index (χ0) is 22.3. The van der Waals surface area contributed by atoms with Gasteiger partial charge in [-0.25, -0.2) is 20.8 Å². The van der Waals surface area contributed by atoms with Crippen LogP contribution in [0.1, 0.15) is 43.5 Å². The number of nitrogens with zero attached hydrogens (tertiary/aromatic N) is 4. The lowest BCUT2D eigenvalue weighted by Gasteiger charge is -2.30. The minimum absolute atomic E-state index is 0.0307. The SMILES string of the molecule is CCN1CCC(COc2ccc(C3CC(Nc4cnc(C#N)cn4)NN3)c(OC)c2)CC1. The predicted octanol–water partition coefficient (Wildman–Crippen LogP) is 2.44. The molecule has 2 fully saturated rings. The summed E-state index contributed by atoms with van der Waals surface area (Å²) in [5.41, 5.74) is 7.92. The van der Waals surface area contributed by atoms with E-state index >= 15 is 0 Å². The Bertz CT molecular complexity index is 923. The molecule has 0 aliphatic carbocycles. The molecular weight excluding hydrogens is 406 g/mol. The normalized spacial score (nSPS) is 21.8. The fourth-order valence-electron chi connectivity index (χ4n) is 4.25. The quantitative estimate of drug-likeness (QED) is 0.574. The number of hydrogen-bond donors (Lipinski definition) is 3. The number of anilines is 1. The highest BCUT2D eigenvalue weighted by atomic mass is 16.5. The van der Waals surface area contributed by atoms with E-state index < -0.39 is 0 Å². The van der Waals surface area contributed by atoms with E-state index in [-0.39, 0.29) is 12.2 Å². The van der Waals surface area contributed by atoms with Crippen LogP contribution < -0.4 is 25.6 Å². The maximum atomic E-state index is 8.84. The van der Waals surface area contributed by atoms with Gasteiger partial charge in [-0.1, -0.05) is 13.0 Å². The van der Waals surface area contributed by atoms with Gasteiger partial charge in [-0.2, -0.15) is 5.26 Å². The second-order valence-corrected chi connectivity index (χ2v) is 8.26. The summed E-state index contributed by atoms with van der Waals surface area (Å²) >= 11 is 0. The summed E-state index contributed by atoms with van der Waals surface area (Å²) in [6.07, 6.45) is 6.16. The van der Waals surface area contributed by atoms with Crippen molar-refractivity contribution in [1.82, 2.24) is 25.7 Å². The van der Waals surface area contributed by atoms with Gasteiger partial charge in [-0.15, -0.1) is 0 Å². The predicted molar refractivity (Wildman–Crippen MR) is 121 cm³/mol. The molecule has 2 aliphatic rings. The number of hydrazine groups is 1. The van der Waals surface area contributed by atoms with E-state index in [2.05, 4.69) is 44.0 Å². The summed E-state index contributed by atoms with van der Waals surface area (Å²) in [6.45, 7) is 6.43. The Morgan fingerprint density at radius 1 is 1.22 bits per heavy atom. The highest BCUT2D eigenvalue weighted by Crippen LogP contribution is 2.33. The molecule has 170 valence electrons. The third-order valence-electron chi connectivity index (χ3n) is 6.21. The molecule has 2 unspecified atom stereocenters. The van der Waals surface area contributed by atoms with Crippen LogP contribution in [0.25, 0.3) is 0 Å². The van der Waals surface area contributed by atoms with Gasteiger partial charge < -0.3 is 19.7 Å². The minimum Gasteiger partial charge on any atom is -0.496 e. The second kappa shape index (κ2) is 10.6. The molecule has 2 saturated heterocycles. The number of ether oxygens (including phenoxy) is 2. The van der Waals surface area contributed by atoms with Gasteiger partial charge in [0.15, 0.2) is 5.69 Å². The molecule has 2 aromatic rings. The van der Waals surface area contributed by atoms with Crippen LogP contribution in [-0.2, 0) is 0 Å². The topological polar surface area (TPSA) is 107 Å². The van der Waals surface area contributed by atoms with Gasteiger partial charge >= 0.3 is 0 Å². The van der Waals surface area contributed by atoms with E-state index in [1.165, 1.54) is 19.0 Å². The van der Waals surface area contributed by atoms with Gasteiger partial charge in [-0.3, -0.25) is 0 Å². The van der Waals surface area contributed by atoms with E-state index in [0.29, 0.717) is 17.4 Å². The summed E-state index contributed by atoms with van der Waals surface area (Å²) in [5, 5.41) is 12.1. The minimum atomic E-state index is -0.0307. The van der Waals surface area contributed by atoms with Crippen molar-refractivity contribution in [3.05, 3.63) is 41.9 Å². The number of hydrogen-bond acceptors (Lipinski definition) is 9. The highest BCUT2D eigenvalue weighted by Gasteiger charge is 2.28. The fraction of sp³-hybridized carbons (Fsp3) is 0.522. The maximum Gasteiger partial charge on any atom is 0.158 e. The van der Waals surface area contributed by atoms with Crippen molar-refractivity contribution >= 4 is 5.82 Å². The zero-order valence-corrected chi connectivity index (χ0v) is 18.7. The van der Waals surface area contributed by atoms with Crippen molar-refractivity contribution < 1.29 is 9.47 Å². The first kappa shape index (κ1) is 22.3. The molecule has 1 aromatic carbocycles. The Hall–Kier alpha value is -2.93. The number of methoxy groups -OCH3 is 1. The summed E-state index contributed by atoms with van der Waals surface area (Å²) in [4.78, 5) is 10.8. The number of likely N-dealkylation sites (tertiary alicyclic amines) is 1. The highest BCUT2D eigenvalue weighted by molar-refractivity contribution is 5.43. The molecule has 2 aliphatic heterocycles. The molecule has 3 N–H and O–H groups in total. The maximum absolute atomic E-state index is 8.84.